The average Bonchev–Trinajstić information content (AvgIpc) is 2.82. The summed E-state index contributed by atoms with van der Waals surface area (Å²) in [5.41, 5.74) is 3.07. The number of hydrogen-bond donors (Lipinski definition) is 2. The number of hydrogen-bond acceptors (Lipinski definition) is 5. The predicted octanol–water partition coefficient (Wildman–Crippen LogP) is 1.37. The summed E-state index contributed by atoms with van der Waals surface area (Å²) in [7, 11) is 0. The molecule has 2 atom stereocenters. The lowest BCUT2D eigenvalue weighted by molar-refractivity contribution is 0.0950. The summed E-state index contributed by atoms with van der Waals surface area (Å²) in [4.78, 5) is 18.1. The van der Waals surface area contributed by atoms with Crippen molar-refractivity contribution in [2.75, 3.05) is 6.54 Å². The monoisotopic (exact) mass is 268 g/mol. The van der Waals surface area contributed by atoms with E-state index in [9.17, 15) is 4.79 Å². The van der Waals surface area contributed by atoms with Crippen molar-refractivity contribution in [1.29, 1.82) is 0 Å². The molecule has 0 radical (unpaired) electrons. The summed E-state index contributed by atoms with van der Waals surface area (Å²) in [6, 6.07) is 0.576. The Morgan fingerprint density at radius 2 is 2.44 bits per heavy atom. The fourth-order valence-corrected chi connectivity index (χ4v) is 3.11. The van der Waals surface area contributed by atoms with Crippen LogP contribution < -0.4 is 11.3 Å². The first-order valence-electron chi connectivity index (χ1n) is 6.31. The van der Waals surface area contributed by atoms with Gasteiger partial charge in [0, 0.05) is 18.0 Å². The van der Waals surface area contributed by atoms with Crippen LogP contribution in [0, 0.1) is 5.92 Å². The molecule has 6 heteroatoms. The molecule has 0 aliphatic carbocycles. The van der Waals surface area contributed by atoms with Gasteiger partial charge in [0.25, 0.3) is 5.91 Å². The second kappa shape index (κ2) is 5.77. The number of nitrogens with zero attached hydrogens (tertiary/aromatic N) is 2. The lowest BCUT2D eigenvalue weighted by atomic mass is 9.92. The standard InChI is InChI=1S/C12H20N4OS/c1-8-4-3-5-16(9(8)2)6-10-7-18-12(14-10)11(17)15-13/h7-9H,3-6,13H2,1-2H3,(H,15,17). The number of likely N-dealkylation sites (tertiary alicyclic amines) is 1. The van der Waals surface area contributed by atoms with Crippen molar-refractivity contribution >= 4 is 17.2 Å². The summed E-state index contributed by atoms with van der Waals surface area (Å²) in [6.07, 6.45) is 2.54. The van der Waals surface area contributed by atoms with E-state index in [0.717, 1.165) is 24.7 Å². The van der Waals surface area contributed by atoms with Crippen LogP contribution >= 0.6 is 11.3 Å². The number of aromatic nitrogens is 1. The largest absolute Gasteiger partial charge is 0.295 e. The van der Waals surface area contributed by atoms with Crippen molar-refractivity contribution in [3.63, 3.8) is 0 Å². The summed E-state index contributed by atoms with van der Waals surface area (Å²) in [5, 5.41) is 2.38. The van der Waals surface area contributed by atoms with Gasteiger partial charge in [-0.3, -0.25) is 15.1 Å². The van der Waals surface area contributed by atoms with E-state index in [1.807, 2.05) is 5.38 Å². The molecule has 1 amide bonds. The van der Waals surface area contributed by atoms with Crippen LogP contribution in [0.2, 0.25) is 0 Å². The van der Waals surface area contributed by atoms with Crippen LogP contribution in [0.1, 0.15) is 42.2 Å². The first-order valence-corrected chi connectivity index (χ1v) is 7.19. The van der Waals surface area contributed by atoms with E-state index in [1.54, 1.807) is 0 Å². The van der Waals surface area contributed by atoms with Crippen LogP contribution in [-0.2, 0) is 6.54 Å². The molecule has 0 spiro atoms. The highest BCUT2D eigenvalue weighted by molar-refractivity contribution is 7.11. The van der Waals surface area contributed by atoms with Gasteiger partial charge in [-0.15, -0.1) is 11.3 Å². The highest BCUT2D eigenvalue weighted by atomic mass is 32.1. The van der Waals surface area contributed by atoms with Crippen LogP contribution in [0.4, 0.5) is 0 Å². The van der Waals surface area contributed by atoms with E-state index < -0.39 is 0 Å². The third kappa shape index (κ3) is 2.88. The van der Waals surface area contributed by atoms with Gasteiger partial charge in [-0.1, -0.05) is 6.92 Å². The molecule has 0 saturated carbocycles. The van der Waals surface area contributed by atoms with E-state index in [2.05, 4.69) is 29.2 Å². The molecular formula is C12H20N4OS. The molecule has 18 heavy (non-hydrogen) atoms. The van der Waals surface area contributed by atoms with E-state index in [0.29, 0.717) is 11.0 Å². The number of carbonyl (C=O) groups excluding carboxylic acids is 1. The highest BCUT2D eigenvalue weighted by Gasteiger charge is 2.25. The maximum Gasteiger partial charge on any atom is 0.294 e. The second-order valence-corrected chi connectivity index (χ2v) is 5.81. The number of nitrogen functional groups attached to an aromatic ring is 1. The number of thiazole rings is 1. The third-order valence-corrected chi connectivity index (χ3v) is 4.64. The highest BCUT2D eigenvalue weighted by Crippen LogP contribution is 2.24. The molecule has 1 aromatic heterocycles. The molecule has 0 bridgehead atoms. The van der Waals surface area contributed by atoms with Gasteiger partial charge in [0.2, 0.25) is 0 Å². The van der Waals surface area contributed by atoms with Gasteiger partial charge in [-0.05, 0) is 32.2 Å². The number of rotatable bonds is 3. The van der Waals surface area contributed by atoms with Gasteiger partial charge in [-0.25, -0.2) is 10.8 Å². The normalized spacial score (nSPS) is 25.1. The van der Waals surface area contributed by atoms with Crippen LogP contribution in [0.3, 0.4) is 0 Å². The smallest absolute Gasteiger partial charge is 0.294 e. The average molecular weight is 268 g/mol. The maximum absolute atomic E-state index is 11.3. The Bertz CT molecular complexity index is 420. The van der Waals surface area contributed by atoms with Crippen molar-refractivity contribution in [2.24, 2.45) is 11.8 Å². The Kier molecular flexibility index (Phi) is 4.31. The van der Waals surface area contributed by atoms with Crippen molar-refractivity contribution in [3.05, 3.63) is 16.1 Å². The molecule has 1 fully saturated rings. The molecule has 2 unspecified atom stereocenters. The molecule has 1 saturated heterocycles. The Balaban J connectivity index is 2.00. The lowest BCUT2D eigenvalue weighted by Crippen LogP contribution is -2.41. The zero-order chi connectivity index (χ0) is 13.1. The topological polar surface area (TPSA) is 71.2 Å². The maximum atomic E-state index is 11.3. The number of nitrogens with two attached hydrogens (primary N) is 1. The first-order chi connectivity index (χ1) is 8.61. The molecule has 1 aromatic rings. The Labute approximate surface area is 111 Å². The zero-order valence-corrected chi connectivity index (χ0v) is 11.7. The molecule has 5 nitrogen and oxygen atoms in total. The van der Waals surface area contributed by atoms with Gasteiger partial charge in [-0.2, -0.15) is 0 Å². The fourth-order valence-electron chi connectivity index (χ4n) is 2.40. The van der Waals surface area contributed by atoms with E-state index >= 15 is 0 Å². The third-order valence-electron chi connectivity index (χ3n) is 3.75. The predicted molar refractivity (Wildman–Crippen MR) is 72.0 cm³/mol. The van der Waals surface area contributed by atoms with E-state index in [1.165, 1.54) is 24.2 Å². The summed E-state index contributed by atoms with van der Waals surface area (Å²) >= 11 is 1.34. The lowest BCUT2D eigenvalue weighted by Gasteiger charge is -2.37. The van der Waals surface area contributed by atoms with Gasteiger partial charge in [0.05, 0.1) is 5.69 Å². The second-order valence-electron chi connectivity index (χ2n) is 4.95. The molecule has 2 rings (SSSR count). The number of amides is 1. The summed E-state index contributed by atoms with van der Waals surface area (Å²) in [6.45, 7) is 6.50. The van der Waals surface area contributed by atoms with Crippen molar-refractivity contribution < 1.29 is 4.79 Å². The fraction of sp³-hybridized carbons (Fsp3) is 0.667. The summed E-state index contributed by atoms with van der Waals surface area (Å²) in [5.74, 6) is 5.51. The number of piperidine rings is 1. The van der Waals surface area contributed by atoms with Crippen LogP contribution in [0.15, 0.2) is 5.38 Å². The SMILES string of the molecule is CC1CCCN(Cc2csc(C(=O)NN)n2)C1C. The van der Waals surface area contributed by atoms with Crippen LogP contribution in [0.25, 0.3) is 0 Å². The first kappa shape index (κ1) is 13.5. The Morgan fingerprint density at radius 3 is 3.17 bits per heavy atom. The van der Waals surface area contributed by atoms with Gasteiger partial charge < -0.3 is 0 Å². The quantitative estimate of drug-likeness (QED) is 0.493. The minimum atomic E-state index is -0.314. The molecule has 1 aliphatic heterocycles. The van der Waals surface area contributed by atoms with Crippen LogP contribution in [-0.4, -0.2) is 28.4 Å². The molecule has 1 aliphatic rings. The minimum absolute atomic E-state index is 0.314. The van der Waals surface area contributed by atoms with Crippen LogP contribution in [0.5, 0.6) is 0 Å². The molecule has 0 aromatic carbocycles. The Hall–Kier alpha value is -0.980. The number of nitrogens with one attached hydrogen (secondary N) is 1. The number of carbonyl (C=O) groups is 1. The molecular weight excluding hydrogens is 248 g/mol. The van der Waals surface area contributed by atoms with Gasteiger partial charge in [0.15, 0.2) is 5.01 Å². The zero-order valence-electron chi connectivity index (χ0n) is 10.8. The summed E-state index contributed by atoms with van der Waals surface area (Å²) < 4.78 is 0. The minimum Gasteiger partial charge on any atom is -0.295 e. The van der Waals surface area contributed by atoms with Crippen molar-refractivity contribution in [1.82, 2.24) is 15.3 Å². The van der Waals surface area contributed by atoms with Gasteiger partial charge in [0.1, 0.15) is 0 Å². The van der Waals surface area contributed by atoms with Crippen molar-refractivity contribution in [2.45, 2.75) is 39.3 Å². The molecule has 100 valence electrons. The number of hydrazine groups is 1. The van der Waals surface area contributed by atoms with Crippen molar-refractivity contribution in [3.8, 4) is 0 Å². The van der Waals surface area contributed by atoms with Gasteiger partial charge >= 0.3 is 0 Å². The van der Waals surface area contributed by atoms with E-state index in [-0.39, 0.29) is 5.91 Å². The molecule has 3 N–H and O–H groups in total. The van der Waals surface area contributed by atoms with E-state index in [4.69, 9.17) is 5.84 Å². The molecule has 2 heterocycles. The Morgan fingerprint density at radius 1 is 1.67 bits per heavy atom.